The van der Waals surface area contributed by atoms with E-state index in [-0.39, 0.29) is 12.2 Å². The molecule has 0 saturated carbocycles. The summed E-state index contributed by atoms with van der Waals surface area (Å²) < 4.78 is 10.8. The molecule has 1 unspecified atom stereocenters. The maximum atomic E-state index is 12.2. The lowest BCUT2D eigenvalue weighted by Gasteiger charge is -2.13. The van der Waals surface area contributed by atoms with Gasteiger partial charge in [0.2, 0.25) is 0 Å². The van der Waals surface area contributed by atoms with E-state index in [2.05, 4.69) is 15.9 Å². The highest BCUT2D eigenvalue weighted by atomic mass is 79.9. The molecule has 1 rings (SSSR count). The van der Waals surface area contributed by atoms with E-state index in [4.69, 9.17) is 14.6 Å². The highest BCUT2D eigenvalue weighted by Crippen LogP contribution is 2.34. The first-order valence-corrected chi connectivity index (χ1v) is 6.37. The highest BCUT2D eigenvalue weighted by Gasteiger charge is 2.22. The summed E-state index contributed by atoms with van der Waals surface area (Å²) in [5.41, 5.74) is 0.381. The highest BCUT2D eigenvalue weighted by molar-refractivity contribution is 9.10. The number of carbonyl (C=O) groups excluding carboxylic acids is 1. The van der Waals surface area contributed by atoms with E-state index in [0.29, 0.717) is 21.5 Å². The van der Waals surface area contributed by atoms with E-state index >= 15 is 0 Å². The molecule has 0 aromatic heterocycles. The minimum atomic E-state index is -1.00. The van der Waals surface area contributed by atoms with E-state index in [1.807, 2.05) is 0 Å². The van der Waals surface area contributed by atoms with Gasteiger partial charge in [0.05, 0.1) is 20.6 Å². The standard InChI is InChI=1S/C13H15BrO5/c1-7(4-12(15)16)13(17)8-5-10(18-2)11(19-3)6-9(8)14/h5-7H,4H2,1-3H3,(H,15,16). The number of ketones is 1. The Kier molecular flexibility index (Phi) is 5.35. The van der Waals surface area contributed by atoms with Crippen LogP contribution in [0.15, 0.2) is 16.6 Å². The fourth-order valence-corrected chi connectivity index (χ4v) is 2.18. The lowest BCUT2D eigenvalue weighted by atomic mass is 9.96. The number of methoxy groups -OCH3 is 2. The van der Waals surface area contributed by atoms with E-state index in [9.17, 15) is 9.59 Å². The number of Topliss-reactive ketones (excluding diaryl/α,β-unsaturated/α-hetero) is 1. The molecule has 1 aromatic rings. The van der Waals surface area contributed by atoms with Gasteiger partial charge >= 0.3 is 5.97 Å². The van der Waals surface area contributed by atoms with Crippen LogP contribution in [-0.4, -0.2) is 31.1 Å². The average Bonchev–Trinajstić information content (AvgIpc) is 2.36. The molecule has 1 aromatic carbocycles. The number of carboxylic acids is 1. The van der Waals surface area contributed by atoms with Crippen molar-refractivity contribution in [2.24, 2.45) is 5.92 Å². The van der Waals surface area contributed by atoms with Crippen LogP contribution in [0.3, 0.4) is 0 Å². The maximum absolute atomic E-state index is 12.2. The van der Waals surface area contributed by atoms with Crippen LogP contribution in [0, 0.1) is 5.92 Å². The van der Waals surface area contributed by atoms with Crippen LogP contribution in [-0.2, 0) is 4.79 Å². The van der Waals surface area contributed by atoms with Crippen LogP contribution in [0.1, 0.15) is 23.7 Å². The Bertz CT molecular complexity index is 498. The summed E-state index contributed by atoms with van der Waals surface area (Å²) in [4.78, 5) is 22.8. The van der Waals surface area contributed by atoms with Crippen molar-refractivity contribution in [1.29, 1.82) is 0 Å². The molecule has 19 heavy (non-hydrogen) atoms. The Hall–Kier alpha value is -1.56. The molecule has 0 bridgehead atoms. The molecular weight excluding hydrogens is 316 g/mol. The van der Waals surface area contributed by atoms with Crippen molar-refractivity contribution in [2.75, 3.05) is 14.2 Å². The minimum absolute atomic E-state index is 0.209. The third-order valence-electron chi connectivity index (χ3n) is 2.67. The molecule has 0 radical (unpaired) electrons. The van der Waals surface area contributed by atoms with Gasteiger partial charge < -0.3 is 14.6 Å². The summed E-state index contributed by atoms with van der Waals surface area (Å²) >= 11 is 3.28. The molecule has 5 nitrogen and oxygen atoms in total. The number of benzene rings is 1. The van der Waals surface area contributed by atoms with Gasteiger partial charge in [-0.2, -0.15) is 0 Å². The summed E-state index contributed by atoms with van der Waals surface area (Å²) in [6.45, 7) is 1.58. The molecule has 104 valence electrons. The lowest BCUT2D eigenvalue weighted by Crippen LogP contribution is -2.16. The van der Waals surface area contributed by atoms with Crippen LogP contribution in [0.25, 0.3) is 0 Å². The molecule has 0 heterocycles. The molecule has 0 saturated heterocycles. The van der Waals surface area contributed by atoms with E-state index in [1.54, 1.807) is 19.1 Å². The van der Waals surface area contributed by atoms with Gasteiger partial charge in [-0.3, -0.25) is 9.59 Å². The Morgan fingerprint density at radius 2 is 1.79 bits per heavy atom. The zero-order chi connectivity index (χ0) is 14.6. The third kappa shape index (κ3) is 3.70. The van der Waals surface area contributed by atoms with Gasteiger partial charge in [-0.15, -0.1) is 0 Å². The smallest absolute Gasteiger partial charge is 0.304 e. The Morgan fingerprint density at radius 3 is 2.26 bits per heavy atom. The SMILES string of the molecule is COc1cc(Br)c(C(=O)C(C)CC(=O)O)cc1OC. The van der Waals surface area contributed by atoms with Crippen molar-refractivity contribution in [3.8, 4) is 11.5 Å². The number of aliphatic carboxylic acids is 1. The zero-order valence-electron chi connectivity index (χ0n) is 10.9. The van der Waals surface area contributed by atoms with E-state index < -0.39 is 11.9 Å². The number of halogens is 1. The number of ether oxygens (including phenoxy) is 2. The monoisotopic (exact) mass is 330 g/mol. The van der Waals surface area contributed by atoms with Gasteiger partial charge in [0.15, 0.2) is 17.3 Å². The fraction of sp³-hybridized carbons (Fsp3) is 0.385. The summed E-state index contributed by atoms with van der Waals surface area (Å²) in [6.07, 6.45) is -0.209. The topological polar surface area (TPSA) is 72.8 Å². The number of carboxylic acid groups (broad SMARTS) is 1. The fourth-order valence-electron chi connectivity index (χ4n) is 1.66. The lowest BCUT2D eigenvalue weighted by molar-refractivity contribution is -0.137. The first-order valence-electron chi connectivity index (χ1n) is 5.58. The molecule has 6 heteroatoms. The molecule has 1 atom stereocenters. The summed E-state index contributed by atoms with van der Waals surface area (Å²) in [5, 5.41) is 8.72. The summed E-state index contributed by atoms with van der Waals surface area (Å²) in [6, 6.07) is 3.17. The molecule has 0 aliphatic carbocycles. The second-order valence-electron chi connectivity index (χ2n) is 4.05. The van der Waals surface area contributed by atoms with Crippen molar-refractivity contribution >= 4 is 27.7 Å². The van der Waals surface area contributed by atoms with E-state index in [1.165, 1.54) is 14.2 Å². The Balaban J connectivity index is 3.13. The molecule has 0 amide bonds. The van der Waals surface area contributed by atoms with Crippen LogP contribution >= 0.6 is 15.9 Å². The van der Waals surface area contributed by atoms with Gasteiger partial charge in [0.1, 0.15) is 0 Å². The van der Waals surface area contributed by atoms with Gasteiger partial charge in [0, 0.05) is 16.0 Å². The first kappa shape index (κ1) is 15.5. The van der Waals surface area contributed by atoms with Gasteiger partial charge in [-0.1, -0.05) is 6.92 Å². The van der Waals surface area contributed by atoms with Crippen LogP contribution < -0.4 is 9.47 Å². The zero-order valence-corrected chi connectivity index (χ0v) is 12.5. The van der Waals surface area contributed by atoms with Crippen LogP contribution in [0.2, 0.25) is 0 Å². The van der Waals surface area contributed by atoms with Crippen molar-refractivity contribution in [2.45, 2.75) is 13.3 Å². The second kappa shape index (κ2) is 6.56. The normalized spacial score (nSPS) is 11.8. The van der Waals surface area contributed by atoms with Gasteiger partial charge in [-0.25, -0.2) is 0 Å². The molecule has 1 N–H and O–H groups in total. The largest absolute Gasteiger partial charge is 0.493 e. The van der Waals surface area contributed by atoms with Crippen molar-refractivity contribution < 1.29 is 24.2 Å². The maximum Gasteiger partial charge on any atom is 0.304 e. The van der Waals surface area contributed by atoms with Gasteiger partial charge in [0.25, 0.3) is 0 Å². The van der Waals surface area contributed by atoms with Crippen LogP contribution in [0.4, 0.5) is 0 Å². The third-order valence-corrected chi connectivity index (χ3v) is 3.32. The molecule has 0 fully saturated rings. The number of hydrogen-bond donors (Lipinski definition) is 1. The predicted molar refractivity (Wildman–Crippen MR) is 73.0 cm³/mol. The average molecular weight is 331 g/mol. The first-order chi connectivity index (χ1) is 8.90. The molecular formula is C13H15BrO5. The van der Waals surface area contributed by atoms with Crippen LogP contribution in [0.5, 0.6) is 11.5 Å². The minimum Gasteiger partial charge on any atom is -0.493 e. The van der Waals surface area contributed by atoms with E-state index in [0.717, 1.165) is 0 Å². The Labute approximate surface area is 119 Å². The number of rotatable bonds is 6. The molecule has 0 spiro atoms. The van der Waals surface area contributed by atoms with Crippen molar-refractivity contribution in [1.82, 2.24) is 0 Å². The quantitative estimate of drug-likeness (QED) is 0.812. The molecule has 0 aliphatic rings. The van der Waals surface area contributed by atoms with Gasteiger partial charge in [-0.05, 0) is 28.1 Å². The Morgan fingerprint density at radius 1 is 1.26 bits per heavy atom. The summed E-state index contributed by atoms with van der Waals surface area (Å²) in [5.74, 6) is -0.937. The predicted octanol–water partition coefficient (Wildman–Crippen LogP) is 2.76. The van der Waals surface area contributed by atoms with Crippen molar-refractivity contribution in [3.63, 3.8) is 0 Å². The number of hydrogen-bond acceptors (Lipinski definition) is 4. The summed E-state index contributed by atoms with van der Waals surface area (Å²) in [7, 11) is 2.97. The number of carbonyl (C=O) groups is 2. The van der Waals surface area contributed by atoms with Crippen molar-refractivity contribution in [3.05, 3.63) is 22.2 Å². The second-order valence-corrected chi connectivity index (χ2v) is 4.90. The molecule has 0 aliphatic heterocycles.